The van der Waals surface area contributed by atoms with Gasteiger partial charge in [0.15, 0.2) is 0 Å². The fraction of sp³-hybridized carbons (Fsp3) is 0.318. The summed E-state index contributed by atoms with van der Waals surface area (Å²) in [6.45, 7) is 4.74. The van der Waals surface area contributed by atoms with Crippen molar-refractivity contribution in [2.75, 3.05) is 6.54 Å². The summed E-state index contributed by atoms with van der Waals surface area (Å²) in [5.74, 6) is 0.430. The van der Waals surface area contributed by atoms with E-state index in [9.17, 15) is 9.59 Å². The van der Waals surface area contributed by atoms with Gasteiger partial charge in [-0.2, -0.15) is 0 Å². The van der Waals surface area contributed by atoms with Gasteiger partial charge in [0.05, 0.1) is 17.4 Å². The Labute approximate surface area is 188 Å². The molecule has 30 heavy (non-hydrogen) atoms. The number of carbonyl (C=O) groups excluding carboxylic acids is 1. The molecule has 3 rings (SSSR count). The third-order valence-corrected chi connectivity index (χ3v) is 5.43. The molecule has 0 radical (unpaired) electrons. The molecule has 8 heteroatoms. The van der Waals surface area contributed by atoms with Gasteiger partial charge in [0, 0.05) is 22.1 Å². The lowest BCUT2D eigenvalue weighted by Gasteiger charge is -2.24. The van der Waals surface area contributed by atoms with Gasteiger partial charge in [-0.3, -0.25) is 4.79 Å². The Balaban J connectivity index is 1.71. The van der Waals surface area contributed by atoms with Gasteiger partial charge in [0.1, 0.15) is 5.82 Å². The molecule has 0 fully saturated rings. The number of amides is 2. The number of rotatable bonds is 7. The molecule has 1 atom stereocenters. The van der Waals surface area contributed by atoms with Gasteiger partial charge < -0.3 is 15.2 Å². The summed E-state index contributed by atoms with van der Waals surface area (Å²) in [4.78, 5) is 34.2. The maximum absolute atomic E-state index is 12.9. The lowest BCUT2D eigenvalue weighted by molar-refractivity contribution is 0.190. The molecule has 0 aliphatic carbocycles. The molecule has 0 spiro atoms. The third-order valence-electron chi connectivity index (χ3n) is 4.66. The van der Waals surface area contributed by atoms with E-state index in [4.69, 9.17) is 11.6 Å². The van der Waals surface area contributed by atoms with E-state index in [-0.39, 0.29) is 24.2 Å². The Morgan fingerprint density at radius 3 is 2.70 bits per heavy atom. The van der Waals surface area contributed by atoms with Gasteiger partial charge in [-0.1, -0.05) is 46.6 Å². The van der Waals surface area contributed by atoms with Crippen molar-refractivity contribution < 1.29 is 4.79 Å². The van der Waals surface area contributed by atoms with E-state index < -0.39 is 0 Å². The molecule has 0 saturated carbocycles. The number of halogens is 2. The van der Waals surface area contributed by atoms with Crippen molar-refractivity contribution in [3.05, 3.63) is 73.7 Å². The third kappa shape index (κ3) is 5.83. The van der Waals surface area contributed by atoms with Gasteiger partial charge in [-0.25, -0.2) is 9.78 Å². The quantitative estimate of drug-likeness (QED) is 0.494. The number of aromatic nitrogens is 2. The van der Waals surface area contributed by atoms with E-state index in [1.54, 1.807) is 23.1 Å². The van der Waals surface area contributed by atoms with Crippen LogP contribution in [-0.4, -0.2) is 33.5 Å². The molecule has 2 amide bonds. The van der Waals surface area contributed by atoms with Crippen LogP contribution in [0.25, 0.3) is 10.9 Å². The minimum atomic E-state index is -0.243. The minimum absolute atomic E-state index is 0.0413. The molecule has 1 heterocycles. The molecule has 3 aromatic rings. The monoisotopic (exact) mass is 490 g/mol. The van der Waals surface area contributed by atoms with Crippen LogP contribution in [-0.2, 0) is 13.0 Å². The van der Waals surface area contributed by atoms with Gasteiger partial charge >= 0.3 is 6.03 Å². The van der Waals surface area contributed by atoms with E-state index in [0.29, 0.717) is 28.3 Å². The Morgan fingerprint density at radius 1 is 1.27 bits per heavy atom. The van der Waals surface area contributed by atoms with Crippen LogP contribution in [0.15, 0.2) is 51.7 Å². The van der Waals surface area contributed by atoms with Crippen LogP contribution >= 0.6 is 27.5 Å². The smallest absolute Gasteiger partial charge is 0.318 e. The lowest BCUT2D eigenvalue weighted by atomic mass is 10.1. The Bertz CT molecular complexity index is 1080. The molecule has 0 bridgehead atoms. The zero-order chi connectivity index (χ0) is 21.7. The molecule has 0 aliphatic rings. The molecule has 158 valence electrons. The van der Waals surface area contributed by atoms with Crippen molar-refractivity contribution in [1.82, 2.24) is 20.2 Å². The lowest BCUT2D eigenvalue weighted by Crippen LogP contribution is -2.45. The average molecular weight is 492 g/mol. The second-order valence-corrected chi connectivity index (χ2v) is 8.63. The normalized spacial score (nSPS) is 12.0. The summed E-state index contributed by atoms with van der Waals surface area (Å²) in [5, 5.41) is 4.02. The first-order valence-corrected chi connectivity index (χ1v) is 11.0. The standard InChI is InChI=1S/C22H24BrClN4O2/c1-3-10-28(22(30)25-14(2)11-15-4-6-16(23)7-5-15)13-20-26-19-12-17(24)8-9-18(19)21(29)27-20/h4-9,12,14H,3,10-11,13H2,1-2H3,(H,25,30)(H,26,27,29). The average Bonchev–Trinajstić information content (AvgIpc) is 2.69. The highest BCUT2D eigenvalue weighted by molar-refractivity contribution is 9.10. The highest BCUT2D eigenvalue weighted by Gasteiger charge is 2.17. The number of hydrogen-bond acceptors (Lipinski definition) is 3. The van der Waals surface area contributed by atoms with Crippen LogP contribution in [0.2, 0.25) is 5.02 Å². The van der Waals surface area contributed by atoms with Crippen LogP contribution in [0.4, 0.5) is 4.79 Å². The Morgan fingerprint density at radius 2 is 2.00 bits per heavy atom. The summed E-state index contributed by atoms with van der Waals surface area (Å²) < 4.78 is 1.02. The number of nitrogens with zero attached hydrogens (tertiary/aromatic N) is 2. The van der Waals surface area contributed by atoms with Crippen molar-refractivity contribution >= 4 is 44.5 Å². The maximum Gasteiger partial charge on any atom is 0.318 e. The van der Waals surface area contributed by atoms with Crippen LogP contribution in [0.3, 0.4) is 0 Å². The van der Waals surface area contributed by atoms with Crippen LogP contribution in [0.5, 0.6) is 0 Å². The van der Waals surface area contributed by atoms with Crippen LogP contribution in [0, 0.1) is 0 Å². The first-order valence-electron chi connectivity index (χ1n) is 9.84. The molecule has 0 saturated heterocycles. The number of aromatic amines is 1. The predicted octanol–water partition coefficient (Wildman–Crippen LogP) is 4.89. The number of carbonyl (C=O) groups is 1. The number of fused-ring (bicyclic) bond motifs is 1. The second kappa shape index (κ2) is 10.1. The van der Waals surface area contributed by atoms with E-state index in [2.05, 4.69) is 31.2 Å². The van der Waals surface area contributed by atoms with Crippen molar-refractivity contribution in [2.45, 2.75) is 39.3 Å². The molecule has 2 N–H and O–H groups in total. The summed E-state index contributed by atoms with van der Waals surface area (Å²) in [7, 11) is 0. The van der Waals surface area contributed by atoms with E-state index >= 15 is 0 Å². The summed E-state index contributed by atoms with van der Waals surface area (Å²) in [6, 6.07) is 12.8. The zero-order valence-electron chi connectivity index (χ0n) is 16.9. The number of H-pyrrole nitrogens is 1. The van der Waals surface area contributed by atoms with Gasteiger partial charge in [-0.15, -0.1) is 0 Å². The van der Waals surface area contributed by atoms with Crippen LogP contribution < -0.4 is 10.9 Å². The largest absolute Gasteiger partial charge is 0.335 e. The van der Waals surface area contributed by atoms with Gasteiger partial charge in [0.2, 0.25) is 0 Å². The molecular weight excluding hydrogens is 468 g/mol. The van der Waals surface area contributed by atoms with Gasteiger partial charge in [-0.05, 0) is 55.7 Å². The summed E-state index contributed by atoms with van der Waals surface area (Å²) in [6.07, 6.45) is 1.51. The highest BCUT2D eigenvalue weighted by atomic mass is 79.9. The Kier molecular flexibility index (Phi) is 7.50. The zero-order valence-corrected chi connectivity index (χ0v) is 19.3. The van der Waals surface area contributed by atoms with Crippen molar-refractivity contribution in [3.8, 4) is 0 Å². The summed E-state index contributed by atoms with van der Waals surface area (Å²) >= 11 is 9.46. The summed E-state index contributed by atoms with van der Waals surface area (Å²) in [5.41, 5.74) is 1.42. The molecule has 0 aliphatic heterocycles. The van der Waals surface area contributed by atoms with Crippen LogP contribution in [0.1, 0.15) is 31.7 Å². The fourth-order valence-corrected chi connectivity index (χ4v) is 3.70. The minimum Gasteiger partial charge on any atom is -0.335 e. The topological polar surface area (TPSA) is 78.1 Å². The predicted molar refractivity (Wildman–Crippen MR) is 124 cm³/mol. The molecular formula is C22H24BrClN4O2. The van der Waals surface area contributed by atoms with E-state index in [1.807, 2.05) is 38.1 Å². The van der Waals surface area contributed by atoms with E-state index in [0.717, 1.165) is 22.9 Å². The number of benzene rings is 2. The number of nitrogens with one attached hydrogen (secondary N) is 2. The van der Waals surface area contributed by atoms with Crippen molar-refractivity contribution in [1.29, 1.82) is 0 Å². The Hall–Kier alpha value is -2.38. The molecule has 1 unspecified atom stereocenters. The number of urea groups is 1. The SMILES string of the molecule is CCCN(Cc1nc2cc(Cl)ccc2c(=O)[nH]1)C(=O)NC(C)Cc1ccc(Br)cc1. The molecule has 6 nitrogen and oxygen atoms in total. The first-order chi connectivity index (χ1) is 14.4. The highest BCUT2D eigenvalue weighted by Crippen LogP contribution is 2.15. The molecule has 1 aromatic heterocycles. The first kappa shape index (κ1) is 22.3. The maximum atomic E-state index is 12.9. The second-order valence-electron chi connectivity index (χ2n) is 7.28. The van der Waals surface area contributed by atoms with E-state index in [1.165, 1.54) is 0 Å². The van der Waals surface area contributed by atoms with Crippen molar-refractivity contribution in [3.63, 3.8) is 0 Å². The fourth-order valence-electron chi connectivity index (χ4n) is 3.27. The van der Waals surface area contributed by atoms with Crippen molar-refractivity contribution in [2.24, 2.45) is 0 Å². The molecule has 2 aromatic carbocycles. The number of hydrogen-bond donors (Lipinski definition) is 2. The van der Waals surface area contributed by atoms with Gasteiger partial charge in [0.25, 0.3) is 5.56 Å².